The molecule has 3 aromatic rings. The third-order valence-electron chi connectivity index (χ3n) is 5.49. The molecule has 2 amide bonds. The smallest absolute Gasteiger partial charge is 0.330 e. The molecule has 1 aromatic carbocycles. The van der Waals surface area contributed by atoms with Crippen molar-refractivity contribution in [2.24, 2.45) is 0 Å². The molecule has 3 rings (SSSR count). The summed E-state index contributed by atoms with van der Waals surface area (Å²) < 4.78 is 5.29. The van der Waals surface area contributed by atoms with Gasteiger partial charge in [0, 0.05) is 13.1 Å². The van der Waals surface area contributed by atoms with Gasteiger partial charge in [-0.25, -0.2) is 14.8 Å². The molecule has 4 N–H and O–H groups in total. The van der Waals surface area contributed by atoms with Crippen LogP contribution in [-0.2, 0) is 16.0 Å². The van der Waals surface area contributed by atoms with Crippen molar-refractivity contribution in [2.75, 3.05) is 18.4 Å². The Hall–Kier alpha value is -3.99. The molecule has 0 saturated heterocycles. The fraction of sp³-hybridized carbons (Fsp3) is 0.370. The lowest BCUT2D eigenvalue weighted by atomic mass is 10.1. The van der Waals surface area contributed by atoms with Gasteiger partial charge in [0.05, 0.1) is 27.9 Å². The number of aryl methyl sites for hydroxylation is 3. The number of carbonyl (C=O) groups excluding carboxylic acids is 3. The number of thiophene rings is 1. The zero-order chi connectivity index (χ0) is 27.7. The Morgan fingerprint density at radius 3 is 2.42 bits per heavy atom. The lowest BCUT2D eigenvalue weighted by molar-refractivity contribution is -0.149. The summed E-state index contributed by atoms with van der Waals surface area (Å²) in [4.78, 5) is 47.5. The monoisotopic (exact) mass is 539 g/mol. The van der Waals surface area contributed by atoms with Crippen LogP contribution in [-0.4, -0.2) is 58.1 Å². The Balaban J connectivity index is 1.63. The summed E-state index contributed by atoms with van der Waals surface area (Å²) in [7, 11) is 0. The number of phenolic OH excluding ortho intramolecular Hbond substituents is 1. The van der Waals surface area contributed by atoms with Crippen molar-refractivity contribution in [2.45, 2.75) is 52.7 Å². The molecule has 2 aromatic heterocycles. The van der Waals surface area contributed by atoms with Gasteiger partial charge < -0.3 is 25.8 Å². The summed E-state index contributed by atoms with van der Waals surface area (Å²) in [5.74, 6) is -0.894. The number of phenols is 1. The number of carbonyl (C=O) groups is 3. The summed E-state index contributed by atoms with van der Waals surface area (Å²) >= 11 is 1.28. The molecule has 0 unspecified atom stereocenters. The van der Waals surface area contributed by atoms with E-state index in [1.165, 1.54) is 11.3 Å². The molecule has 1 atom stereocenters. The highest BCUT2D eigenvalue weighted by Gasteiger charge is 2.27. The van der Waals surface area contributed by atoms with Gasteiger partial charge in [0.2, 0.25) is 5.95 Å². The first kappa shape index (κ1) is 28.6. The Labute approximate surface area is 225 Å². The SMILES string of the molecule is Cc1nc(NCCCc2cccc(O)c2)nc(C)c1C(=O)N[C@@H](CNC(=O)c1cccs1)C(=O)OC(C)C. The van der Waals surface area contributed by atoms with Gasteiger partial charge in [-0.2, -0.15) is 0 Å². The van der Waals surface area contributed by atoms with E-state index in [0.717, 1.165) is 18.4 Å². The van der Waals surface area contributed by atoms with Crippen LogP contribution in [0.2, 0.25) is 0 Å². The Morgan fingerprint density at radius 2 is 1.79 bits per heavy atom. The maximum atomic E-state index is 13.2. The second-order valence-electron chi connectivity index (χ2n) is 8.99. The molecule has 10 nitrogen and oxygen atoms in total. The van der Waals surface area contributed by atoms with Crippen LogP contribution in [0, 0.1) is 13.8 Å². The highest BCUT2D eigenvalue weighted by molar-refractivity contribution is 7.12. The first-order valence-electron chi connectivity index (χ1n) is 12.3. The summed E-state index contributed by atoms with van der Waals surface area (Å²) in [6, 6.07) is 9.46. The molecule has 0 bridgehead atoms. The average Bonchev–Trinajstić information content (AvgIpc) is 3.38. The Kier molecular flexibility index (Phi) is 10.2. The van der Waals surface area contributed by atoms with E-state index in [4.69, 9.17) is 4.74 Å². The molecule has 0 aliphatic rings. The standard InChI is InChI=1S/C27H33N5O5S/c1-16(2)37-26(36)21(15-29-24(34)22-11-7-13-38-22)32-25(35)23-17(3)30-27(31-18(23)4)28-12-6-9-19-8-5-10-20(33)14-19/h5,7-8,10-11,13-14,16,21,33H,6,9,12,15H2,1-4H3,(H,29,34)(H,32,35)(H,28,30,31)/t21-/m0/s1. The van der Waals surface area contributed by atoms with Crippen molar-refractivity contribution < 1.29 is 24.2 Å². The fourth-order valence-electron chi connectivity index (χ4n) is 3.76. The second-order valence-corrected chi connectivity index (χ2v) is 9.94. The number of amides is 2. The third-order valence-corrected chi connectivity index (χ3v) is 6.36. The third kappa shape index (κ3) is 8.27. The summed E-state index contributed by atoms with van der Waals surface area (Å²) in [5.41, 5.74) is 2.18. The van der Waals surface area contributed by atoms with Gasteiger partial charge in [-0.1, -0.05) is 18.2 Å². The van der Waals surface area contributed by atoms with E-state index in [2.05, 4.69) is 25.9 Å². The molecule has 11 heteroatoms. The molecule has 38 heavy (non-hydrogen) atoms. The summed E-state index contributed by atoms with van der Waals surface area (Å²) in [6.07, 6.45) is 1.18. The zero-order valence-electron chi connectivity index (χ0n) is 21.9. The average molecular weight is 540 g/mol. The van der Waals surface area contributed by atoms with Gasteiger partial charge in [0.15, 0.2) is 0 Å². The van der Waals surface area contributed by atoms with E-state index >= 15 is 0 Å². The van der Waals surface area contributed by atoms with Crippen molar-refractivity contribution in [1.82, 2.24) is 20.6 Å². The molecule has 0 aliphatic carbocycles. The van der Waals surface area contributed by atoms with Crippen molar-refractivity contribution in [3.63, 3.8) is 0 Å². The van der Waals surface area contributed by atoms with E-state index in [9.17, 15) is 19.5 Å². The molecular formula is C27H33N5O5S. The van der Waals surface area contributed by atoms with Gasteiger partial charge in [0.1, 0.15) is 11.8 Å². The number of anilines is 1. The van der Waals surface area contributed by atoms with Gasteiger partial charge in [-0.3, -0.25) is 9.59 Å². The number of aromatic hydroxyl groups is 1. The first-order chi connectivity index (χ1) is 18.1. The number of ether oxygens (including phenoxy) is 1. The lowest BCUT2D eigenvalue weighted by Gasteiger charge is -2.20. The van der Waals surface area contributed by atoms with Crippen molar-refractivity contribution in [3.8, 4) is 5.75 Å². The van der Waals surface area contributed by atoms with Crippen LogP contribution in [0.1, 0.15) is 57.2 Å². The Bertz CT molecular complexity index is 1240. The van der Waals surface area contributed by atoms with E-state index < -0.39 is 17.9 Å². The van der Waals surface area contributed by atoms with Crippen LogP contribution in [0.4, 0.5) is 5.95 Å². The largest absolute Gasteiger partial charge is 0.508 e. The van der Waals surface area contributed by atoms with Crippen LogP contribution >= 0.6 is 11.3 Å². The molecule has 0 aliphatic heterocycles. The predicted octanol–water partition coefficient (Wildman–Crippen LogP) is 3.39. The minimum Gasteiger partial charge on any atom is -0.508 e. The molecule has 2 heterocycles. The second kappa shape index (κ2) is 13.5. The number of nitrogens with zero attached hydrogens (tertiary/aromatic N) is 2. The summed E-state index contributed by atoms with van der Waals surface area (Å²) in [5, 5.41) is 19.9. The number of aromatic nitrogens is 2. The van der Waals surface area contributed by atoms with Crippen LogP contribution in [0.15, 0.2) is 41.8 Å². The van der Waals surface area contributed by atoms with E-state index in [1.54, 1.807) is 57.3 Å². The normalized spacial score (nSPS) is 11.6. The fourth-order valence-corrected chi connectivity index (χ4v) is 4.40. The number of hydrogen-bond acceptors (Lipinski definition) is 9. The van der Waals surface area contributed by atoms with Gasteiger partial charge in [0.25, 0.3) is 11.8 Å². The van der Waals surface area contributed by atoms with Crippen molar-refractivity contribution in [1.29, 1.82) is 0 Å². The number of benzene rings is 1. The molecule has 0 saturated carbocycles. The van der Waals surface area contributed by atoms with Crippen LogP contribution in [0.25, 0.3) is 0 Å². The minimum atomic E-state index is -1.09. The van der Waals surface area contributed by atoms with Crippen molar-refractivity contribution in [3.05, 3.63) is 69.2 Å². The number of esters is 1. The van der Waals surface area contributed by atoms with E-state index in [-0.39, 0.29) is 29.9 Å². The van der Waals surface area contributed by atoms with Gasteiger partial charge >= 0.3 is 5.97 Å². The van der Waals surface area contributed by atoms with Crippen LogP contribution in [0.5, 0.6) is 5.75 Å². The van der Waals surface area contributed by atoms with Crippen LogP contribution < -0.4 is 16.0 Å². The topological polar surface area (TPSA) is 143 Å². The quantitative estimate of drug-likeness (QED) is 0.203. The number of nitrogens with one attached hydrogen (secondary N) is 3. The van der Waals surface area contributed by atoms with E-state index in [0.29, 0.717) is 28.8 Å². The molecular weight excluding hydrogens is 506 g/mol. The number of hydrogen-bond donors (Lipinski definition) is 4. The zero-order valence-corrected chi connectivity index (χ0v) is 22.7. The van der Waals surface area contributed by atoms with E-state index in [1.807, 2.05) is 12.1 Å². The number of rotatable bonds is 12. The summed E-state index contributed by atoms with van der Waals surface area (Å²) in [6.45, 7) is 7.28. The highest BCUT2D eigenvalue weighted by atomic mass is 32.1. The predicted molar refractivity (Wildman–Crippen MR) is 146 cm³/mol. The maximum Gasteiger partial charge on any atom is 0.330 e. The molecule has 0 spiro atoms. The lowest BCUT2D eigenvalue weighted by Crippen LogP contribution is -2.50. The highest BCUT2D eigenvalue weighted by Crippen LogP contribution is 2.15. The molecule has 0 fully saturated rings. The minimum absolute atomic E-state index is 0.133. The molecule has 0 radical (unpaired) electrons. The Morgan fingerprint density at radius 1 is 1.05 bits per heavy atom. The van der Waals surface area contributed by atoms with Crippen LogP contribution in [0.3, 0.4) is 0 Å². The van der Waals surface area contributed by atoms with Gasteiger partial charge in [-0.05, 0) is 69.7 Å². The van der Waals surface area contributed by atoms with Gasteiger partial charge in [-0.15, -0.1) is 11.3 Å². The van der Waals surface area contributed by atoms with Crippen molar-refractivity contribution >= 4 is 35.1 Å². The molecule has 202 valence electrons. The first-order valence-corrected chi connectivity index (χ1v) is 13.2. The maximum absolute atomic E-state index is 13.2.